The fourth-order valence-electron chi connectivity index (χ4n) is 4.98. The van der Waals surface area contributed by atoms with Crippen molar-refractivity contribution in [1.82, 2.24) is 9.55 Å². The molecule has 0 spiro atoms. The summed E-state index contributed by atoms with van der Waals surface area (Å²) in [6.07, 6.45) is 10.5. The minimum atomic E-state index is -0.0902. The van der Waals surface area contributed by atoms with E-state index in [9.17, 15) is 0 Å². The number of nitrogens with two attached hydrogens (primary N) is 1. The lowest BCUT2D eigenvalue weighted by atomic mass is 9.81. The lowest BCUT2D eigenvalue weighted by Gasteiger charge is -2.29. The number of anilines is 1. The fraction of sp³-hybridized carbons (Fsp3) is 0.414. The fourth-order valence-corrected chi connectivity index (χ4v) is 4.98. The zero-order valence-corrected chi connectivity index (χ0v) is 19.9. The van der Waals surface area contributed by atoms with E-state index in [1.165, 1.54) is 43.2 Å². The first-order chi connectivity index (χ1) is 16.1. The number of hydrogen-bond acceptors (Lipinski definition) is 3. The average molecular weight is 443 g/mol. The maximum atomic E-state index is 6.71. The number of nitrogens with zero attached hydrogens (tertiary/aromatic N) is 2. The van der Waals surface area contributed by atoms with Crippen LogP contribution in [0.4, 0.5) is 5.69 Å². The molecule has 0 bridgehead atoms. The van der Waals surface area contributed by atoms with Gasteiger partial charge in [0, 0.05) is 24.3 Å². The Morgan fingerprint density at radius 3 is 2.64 bits per heavy atom. The van der Waals surface area contributed by atoms with Crippen molar-refractivity contribution < 1.29 is 0 Å². The molecular weight excluding hydrogens is 404 g/mol. The van der Waals surface area contributed by atoms with Crippen LogP contribution in [-0.4, -0.2) is 21.6 Å². The van der Waals surface area contributed by atoms with Crippen LogP contribution < -0.4 is 11.1 Å². The van der Waals surface area contributed by atoms with Gasteiger partial charge in [-0.1, -0.05) is 74.2 Å². The highest BCUT2D eigenvalue weighted by atomic mass is 15.1. The van der Waals surface area contributed by atoms with Gasteiger partial charge in [0.05, 0.1) is 17.4 Å². The molecule has 2 aromatic carbocycles. The minimum Gasteiger partial charge on any atom is -0.383 e. The van der Waals surface area contributed by atoms with E-state index in [4.69, 9.17) is 5.73 Å². The van der Waals surface area contributed by atoms with Crippen LogP contribution in [0.2, 0.25) is 0 Å². The second-order valence-corrected chi connectivity index (χ2v) is 9.75. The second-order valence-electron chi connectivity index (χ2n) is 9.75. The van der Waals surface area contributed by atoms with Crippen LogP contribution in [0.15, 0.2) is 79.1 Å². The lowest BCUT2D eigenvalue weighted by molar-refractivity contribution is 0.357. The molecule has 1 heterocycles. The van der Waals surface area contributed by atoms with E-state index in [1.807, 2.05) is 12.4 Å². The van der Waals surface area contributed by atoms with Gasteiger partial charge in [-0.3, -0.25) is 0 Å². The molecule has 3 N–H and O–H groups in total. The molecule has 2 unspecified atom stereocenters. The molecule has 0 amide bonds. The van der Waals surface area contributed by atoms with Crippen LogP contribution in [0.1, 0.15) is 63.4 Å². The van der Waals surface area contributed by atoms with E-state index >= 15 is 0 Å². The predicted molar refractivity (Wildman–Crippen MR) is 140 cm³/mol. The van der Waals surface area contributed by atoms with Crippen molar-refractivity contribution in [3.05, 3.63) is 84.7 Å². The van der Waals surface area contributed by atoms with Crippen molar-refractivity contribution in [1.29, 1.82) is 0 Å². The van der Waals surface area contributed by atoms with Crippen molar-refractivity contribution >= 4 is 16.7 Å². The van der Waals surface area contributed by atoms with Crippen molar-refractivity contribution in [3.63, 3.8) is 0 Å². The second kappa shape index (κ2) is 11.3. The van der Waals surface area contributed by atoms with Gasteiger partial charge in [-0.05, 0) is 61.9 Å². The summed E-state index contributed by atoms with van der Waals surface area (Å²) in [5.41, 5.74) is 11.3. The van der Waals surface area contributed by atoms with Gasteiger partial charge < -0.3 is 15.6 Å². The molecule has 0 saturated heterocycles. The molecule has 33 heavy (non-hydrogen) atoms. The quantitative estimate of drug-likeness (QED) is 0.456. The minimum absolute atomic E-state index is 0.0902. The maximum absolute atomic E-state index is 6.71. The van der Waals surface area contributed by atoms with Crippen molar-refractivity contribution in [2.75, 3.05) is 11.9 Å². The van der Waals surface area contributed by atoms with Gasteiger partial charge in [-0.25, -0.2) is 4.98 Å². The van der Waals surface area contributed by atoms with Gasteiger partial charge in [0.25, 0.3) is 0 Å². The molecule has 1 aromatic heterocycles. The highest BCUT2D eigenvalue weighted by Crippen LogP contribution is 2.33. The van der Waals surface area contributed by atoms with E-state index in [0.29, 0.717) is 5.92 Å². The van der Waals surface area contributed by atoms with Gasteiger partial charge in [0.15, 0.2) is 0 Å². The number of hydrogen-bond donors (Lipinski definition) is 2. The Balaban J connectivity index is 1.51. The highest BCUT2D eigenvalue weighted by Gasteiger charge is 2.25. The molecule has 0 radical (unpaired) electrons. The molecule has 3 aromatic rings. The van der Waals surface area contributed by atoms with E-state index in [2.05, 4.69) is 88.5 Å². The van der Waals surface area contributed by atoms with Gasteiger partial charge >= 0.3 is 0 Å². The molecule has 174 valence electrons. The number of benzene rings is 1. The summed E-state index contributed by atoms with van der Waals surface area (Å²) in [4.78, 5) is 4.50. The molecule has 0 aliphatic heterocycles. The number of aromatic nitrogens is 2. The predicted octanol–water partition coefficient (Wildman–Crippen LogP) is 6.82. The van der Waals surface area contributed by atoms with Gasteiger partial charge in [0.2, 0.25) is 0 Å². The third kappa shape index (κ3) is 6.82. The van der Waals surface area contributed by atoms with E-state index in [0.717, 1.165) is 37.1 Å². The number of imidazole rings is 1. The molecule has 1 aliphatic carbocycles. The maximum Gasteiger partial charge on any atom is 0.0958 e. The highest BCUT2D eigenvalue weighted by molar-refractivity contribution is 5.74. The van der Waals surface area contributed by atoms with Crippen LogP contribution in [-0.2, 0) is 6.54 Å². The number of fused-ring (bicyclic) bond motifs is 1. The molecule has 4 heteroatoms. The summed E-state index contributed by atoms with van der Waals surface area (Å²) >= 11 is 0. The lowest BCUT2D eigenvalue weighted by Crippen LogP contribution is -2.37. The summed E-state index contributed by atoms with van der Waals surface area (Å²) < 4.78 is 2.20. The third-order valence-corrected chi connectivity index (χ3v) is 6.80. The Bertz CT molecular complexity index is 1080. The van der Waals surface area contributed by atoms with Crippen LogP contribution in [0.25, 0.3) is 11.0 Å². The summed E-state index contributed by atoms with van der Waals surface area (Å²) in [6.45, 7) is 3.94. The van der Waals surface area contributed by atoms with Crippen LogP contribution in [0.3, 0.4) is 0 Å². The van der Waals surface area contributed by atoms with Crippen LogP contribution in [0, 0.1) is 0 Å². The largest absolute Gasteiger partial charge is 0.383 e. The van der Waals surface area contributed by atoms with Gasteiger partial charge in [-0.15, -0.1) is 0 Å². The zero-order valence-electron chi connectivity index (χ0n) is 19.9. The summed E-state index contributed by atoms with van der Waals surface area (Å²) in [5, 5.41) is 3.61. The Morgan fingerprint density at radius 2 is 1.73 bits per heavy atom. The molecule has 1 fully saturated rings. The topological polar surface area (TPSA) is 55.9 Å². The monoisotopic (exact) mass is 442 g/mol. The van der Waals surface area contributed by atoms with E-state index < -0.39 is 0 Å². The number of nitrogens with one attached hydrogen (secondary N) is 1. The first-order valence-electron chi connectivity index (χ1n) is 12.5. The normalized spacial score (nSPS) is 21.5. The smallest absolute Gasteiger partial charge is 0.0958 e. The average Bonchev–Trinajstić information content (AvgIpc) is 3.25. The third-order valence-electron chi connectivity index (χ3n) is 6.80. The number of para-hydroxylation sites is 2. The Labute approximate surface area is 198 Å². The standard InChI is InChI=1S/C29H38N4/c1-29(30)19-11-5-4-7-13-25(22-29)24-12-6-2-3-8-14-26(18-17-24)31-20-21-33-23-32-27-15-9-10-16-28(27)33/h2-3,6,8-10,12,14-18,23,25,31H,4-5,7,11,13,19-22,30H2,1H3. The molecule has 1 saturated carbocycles. The summed E-state index contributed by atoms with van der Waals surface area (Å²) in [6, 6.07) is 25.7. The Hall–Kier alpha value is -2.85. The summed E-state index contributed by atoms with van der Waals surface area (Å²) in [7, 11) is 0. The van der Waals surface area contributed by atoms with Crippen LogP contribution in [0.5, 0.6) is 0 Å². The van der Waals surface area contributed by atoms with Crippen molar-refractivity contribution in [2.45, 2.75) is 69.9 Å². The molecule has 4 nitrogen and oxygen atoms in total. The van der Waals surface area contributed by atoms with E-state index in [-0.39, 0.29) is 5.54 Å². The molecular formula is C29H38N4. The van der Waals surface area contributed by atoms with Crippen molar-refractivity contribution in [3.8, 4) is 0 Å². The Kier molecular flexibility index (Phi) is 8.01. The van der Waals surface area contributed by atoms with Crippen molar-refractivity contribution in [2.24, 2.45) is 5.73 Å². The molecule has 2 atom stereocenters. The van der Waals surface area contributed by atoms with Crippen LogP contribution >= 0.6 is 0 Å². The SMILES string of the molecule is CC1(N)CCCCCCC(c2ccccccc(NCCn3cnc4ccccc43)cc2)C1. The van der Waals surface area contributed by atoms with E-state index in [1.54, 1.807) is 0 Å². The summed E-state index contributed by atoms with van der Waals surface area (Å²) in [5.74, 6) is 0.501. The Morgan fingerprint density at radius 1 is 0.939 bits per heavy atom. The zero-order chi connectivity index (χ0) is 22.9. The van der Waals surface area contributed by atoms with Gasteiger partial charge in [0.1, 0.15) is 0 Å². The van der Waals surface area contributed by atoms with Gasteiger partial charge in [-0.2, -0.15) is 0 Å². The molecule has 1 aliphatic rings. The first-order valence-corrected chi connectivity index (χ1v) is 12.5. The first kappa shape index (κ1) is 23.3. The number of rotatable bonds is 5. The molecule has 4 rings (SSSR count).